The fourth-order valence-electron chi connectivity index (χ4n) is 2.53. The monoisotopic (exact) mass is 404 g/mol. The molecule has 0 saturated carbocycles. The second kappa shape index (κ2) is 13.9. The van der Waals surface area contributed by atoms with Gasteiger partial charge in [-0.3, -0.25) is 0 Å². The molecule has 1 aromatic carbocycles. The van der Waals surface area contributed by atoms with Crippen LogP contribution in [0, 0.1) is 0 Å². The Morgan fingerprint density at radius 1 is 0.957 bits per heavy atom. The summed E-state index contributed by atoms with van der Waals surface area (Å²) in [6.07, 6.45) is 12.8. The fourth-order valence-corrected chi connectivity index (χ4v) is 4.00. The molecule has 0 atom stereocenters. The Labute approximate surface area is 151 Å². The van der Waals surface area contributed by atoms with Gasteiger partial charge in [0.25, 0.3) is 0 Å². The van der Waals surface area contributed by atoms with Crippen molar-refractivity contribution in [2.75, 3.05) is 6.61 Å². The summed E-state index contributed by atoms with van der Waals surface area (Å²) in [7, 11) is 5.90. The van der Waals surface area contributed by atoms with Gasteiger partial charge < -0.3 is 0 Å². The fraction of sp³-hybridized carbons (Fsp3) is 0.632. The van der Waals surface area contributed by atoms with Gasteiger partial charge in [-0.15, -0.1) is 0 Å². The minimum absolute atomic E-state index is 0.202. The molecule has 0 fully saturated rings. The van der Waals surface area contributed by atoms with E-state index in [1.807, 2.05) is 18.2 Å². The maximum atomic E-state index is 12.0. The van der Waals surface area contributed by atoms with Crippen LogP contribution in [0.4, 0.5) is 0 Å². The van der Waals surface area contributed by atoms with E-state index in [2.05, 4.69) is 6.92 Å². The van der Waals surface area contributed by atoms with E-state index in [0.29, 0.717) is 12.2 Å². The van der Waals surface area contributed by atoms with Gasteiger partial charge in [0.1, 0.15) is 0 Å². The number of carbonyl (C=O) groups is 1. The van der Waals surface area contributed by atoms with Crippen LogP contribution in [0.3, 0.4) is 0 Å². The molecule has 0 bridgehead atoms. The number of benzene rings is 1. The number of unbranched alkanes of at least 4 members (excludes halogenated alkanes) is 9. The van der Waals surface area contributed by atoms with E-state index in [0.717, 1.165) is 17.3 Å². The van der Waals surface area contributed by atoms with Crippen LogP contribution in [0.25, 0.3) is 0 Å². The normalized spacial score (nSPS) is 10.7. The van der Waals surface area contributed by atoms with Gasteiger partial charge in [-0.05, 0) is 0 Å². The van der Waals surface area contributed by atoms with Crippen LogP contribution in [-0.2, 0) is 4.74 Å². The first-order valence-corrected chi connectivity index (χ1v) is 11.9. The van der Waals surface area contributed by atoms with Crippen molar-refractivity contribution in [3.05, 3.63) is 29.8 Å². The maximum absolute atomic E-state index is 12.0. The van der Waals surface area contributed by atoms with E-state index in [9.17, 15) is 4.79 Å². The van der Waals surface area contributed by atoms with Gasteiger partial charge in [0, 0.05) is 0 Å². The van der Waals surface area contributed by atoms with Crippen LogP contribution < -0.4 is 4.46 Å². The summed E-state index contributed by atoms with van der Waals surface area (Å²) in [4.78, 5) is 12.0. The van der Waals surface area contributed by atoms with Crippen molar-refractivity contribution in [2.45, 2.75) is 71.1 Å². The first kappa shape index (κ1) is 20.5. The number of ether oxygens (including phenoxy) is 1. The molecule has 0 unspecified atom stereocenters. The number of halogens is 1. The molecule has 2 nitrogen and oxygen atoms in total. The first-order chi connectivity index (χ1) is 11.3. The zero-order valence-corrected chi connectivity index (χ0v) is 16.7. The number of hydrogen-bond donors (Lipinski definition) is 0. The summed E-state index contributed by atoms with van der Waals surface area (Å²) >= 11 is -0.202. The third-order valence-electron chi connectivity index (χ3n) is 3.92. The molecule has 0 heterocycles. The number of esters is 1. The number of carbonyl (C=O) groups excluding carboxylic acids is 1. The molecule has 0 aromatic heterocycles. The van der Waals surface area contributed by atoms with Crippen LogP contribution >= 0.6 is 10.1 Å². The predicted molar refractivity (Wildman–Crippen MR) is 99.8 cm³/mol. The van der Waals surface area contributed by atoms with Crippen LogP contribution in [-0.4, -0.2) is 26.6 Å². The molecule has 0 N–H and O–H groups in total. The summed E-state index contributed by atoms with van der Waals surface area (Å²) < 4.78 is 6.25. The van der Waals surface area contributed by atoms with Gasteiger partial charge in [-0.2, -0.15) is 0 Å². The quantitative estimate of drug-likeness (QED) is 0.255. The van der Waals surface area contributed by atoms with Gasteiger partial charge in [0.05, 0.1) is 0 Å². The molecule has 0 aliphatic carbocycles. The molecule has 0 aliphatic rings. The molecule has 4 heteroatoms. The Bertz CT molecular complexity index is 437. The van der Waals surface area contributed by atoms with E-state index >= 15 is 0 Å². The Balaban J connectivity index is 2.01. The number of hydrogen-bond acceptors (Lipinski definition) is 2. The second-order valence-electron chi connectivity index (χ2n) is 5.89. The van der Waals surface area contributed by atoms with Gasteiger partial charge in [-0.1, -0.05) is 26.2 Å². The van der Waals surface area contributed by atoms with Crippen LogP contribution in [0.5, 0.6) is 0 Å². The Morgan fingerprint density at radius 2 is 1.52 bits per heavy atom. The molecular formula is C19H29ClO2Se. The molecule has 1 aromatic rings. The Morgan fingerprint density at radius 3 is 2.13 bits per heavy atom. The second-order valence-corrected chi connectivity index (χ2v) is 7.94. The van der Waals surface area contributed by atoms with Gasteiger partial charge in [0.2, 0.25) is 0 Å². The molecule has 1 rings (SSSR count). The summed E-state index contributed by atoms with van der Waals surface area (Å²) in [6.45, 7) is 2.76. The molecule has 0 saturated heterocycles. The molecule has 0 spiro atoms. The summed E-state index contributed by atoms with van der Waals surface area (Å²) in [5.41, 5.74) is 0.620. The van der Waals surface area contributed by atoms with E-state index in [1.165, 1.54) is 51.4 Å². The summed E-state index contributed by atoms with van der Waals surface area (Å²) in [5, 5.41) is 0. The Kier molecular flexibility index (Phi) is 12.4. The van der Waals surface area contributed by atoms with E-state index in [-0.39, 0.29) is 20.0 Å². The standard InChI is InChI=1S/C19H29ClO2Se/c1-2-3-4-5-6-7-8-9-10-13-16-22-19(21)17-14-11-12-15-18(17)23-20/h11-12,14-15H,2-10,13,16H2,1H3. The SMILES string of the molecule is CCCCCCCCCCCCOC(=O)c1ccccc1[Se]Cl. The summed E-state index contributed by atoms with van der Waals surface area (Å²) in [6, 6.07) is 7.44. The zero-order valence-electron chi connectivity index (χ0n) is 14.2. The van der Waals surface area contributed by atoms with Crippen molar-refractivity contribution in [3.8, 4) is 0 Å². The Hall–Kier alpha value is -0.501. The minimum atomic E-state index is -0.237. The summed E-state index contributed by atoms with van der Waals surface area (Å²) in [5.74, 6) is -0.237. The van der Waals surface area contributed by atoms with Gasteiger partial charge in [0.15, 0.2) is 0 Å². The average molecular weight is 404 g/mol. The van der Waals surface area contributed by atoms with Gasteiger partial charge in [-0.25, -0.2) is 0 Å². The van der Waals surface area contributed by atoms with E-state index in [1.54, 1.807) is 6.07 Å². The van der Waals surface area contributed by atoms with Crippen molar-refractivity contribution in [1.29, 1.82) is 0 Å². The molecule has 23 heavy (non-hydrogen) atoms. The average Bonchev–Trinajstić information content (AvgIpc) is 2.59. The van der Waals surface area contributed by atoms with Crippen molar-refractivity contribution in [3.63, 3.8) is 0 Å². The number of rotatable bonds is 13. The third kappa shape index (κ3) is 9.39. The van der Waals surface area contributed by atoms with Crippen LogP contribution in [0.1, 0.15) is 81.5 Å². The molecule has 0 aliphatic heterocycles. The van der Waals surface area contributed by atoms with Crippen molar-refractivity contribution < 1.29 is 9.53 Å². The molecular weight excluding hydrogens is 375 g/mol. The molecule has 0 radical (unpaired) electrons. The van der Waals surface area contributed by atoms with Crippen molar-refractivity contribution in [2.24, 2.45) is 0 Å². The van der Waals surface area contributed by atoms with E-state index in [4.69, 9.17) is 14.8 Å². The zero-order chi connectivity index (χ0) is 16.8. The van der Waals surface area contributed by atoms with Gasteiger partial charge >= 0.3 is 125 Å². The van der Waals surface area contributed by atoms with Crippen LogP contribution in [0.2, 0.25) is 0 Å². The van der Waals surface area contributed by atoms with E-state index < -0.39 is 0 Å². The van der Waals surface area contributed by atoms with Crippen molar-refractivity contribution in [1.82, 2.24) is 0 Å². The van der Waals surface area contributed by atoms with Crippen LogP contribution in [0.15, 0.2) is 24.3 Å². The van der Waals surface area contributed by atoms with Crippen molar-refractivity contribution >= 4 is 34.6 Å². The topological polar surface area (TPSA) is 26.3 Å². The predicted octanol–water partition coefficient (Wildman–Crippen LogP) is 5.25. The third-order valence-corrected chi connectivity index (χ3v) is 5.88. The molecule has 130 valence electrons. The molecule has 0 amide bonds. The first-order valence-electron chi connectivity index (χ1n) is 8.84.